The number of hydrogen-bond donors (Lipinski definition) is 1. The van der Waals surface area contributed by atoms with Crippen LogP contribution in [0.3, 0.4) is 0 Å². The van der Waals surface area contributed by atoms with E-state index in [4.69, 9.17) is 4.74 Å². The van der Waals surface area contributed by atoms with E-state index < -0.39 is 40.7 Å². The number of anilines is 1. The summed E-state index contributed by atoms with van der Waals surface area (Å²) in [5.41, 5.74) is -0.294. The van der Waals surface area contributed by atoms with E-state index in [1.165, 1.54) is 11.6 Å². The van der Waals surface area contributed by atoms with Crippen molar-refractivity contribution in [3.8, 4) is 5.69 Å². The van der Waals surface area contributed by atoms with Crippen LogP contribution in [0.4, 0.5) is 14.5 Å². The van der Waals surface area contributed by atoms with Gasteiger partial charge in [0, 0.05) is 7.05 Å². The second-order valence-electron chi connectivity index (χ2n) is 6.57. The van der Waals surface area contributed by atoms with Crippen LogP contribution in [0.1, 0.15) is 23.0 Å². The largest absolute Gasteiger partial charge is 0.449 e. The van der Waals surface area contributed by atoms with Crippen molar-refractivity contribution in [1.29, 1.82) is 0 Å². The molecule has 0 aliphatic rings. The van der Waals surface area contributed by atoms with E-state index in [9.17, 15) is 23.2 Å². The van der Waals surface area contributed by atoms with Crippen LogP contribution in [-0.2, 0) is 16.6 Å². The van der Waals surface area contributed by atoms with E-state index in [0.29, 0.717) is 11.4 Å². The minimum atomic E-state index is -1.40. The van der Waals surface area contributed by atoms with Crippen molar-refractivity contribution >= 4 is 17.6 Å². The average Bonchev–Trinajstić information content (AvgIpc) is 2.91. The Balaban J connectivity index is 1.81. The number of aromatic nitrogens is 2. The van der Waals surface area contributed by atoms with Crippen LogP contribution >= 0.6 is 0 Å². The number of halogens is 2. The summed E-state index contributed by atoms with van der Waals surface area (Å²) in [6.45, 7) is 2.88. The Morgan fingerprint density at radius 1 is 1.03 bits per heavy atom. The standard InChI is InChI=1S/C21H19F2N3O4/c1-12-18(20(28)26(25(12)3)14-8-5-4-6-9-14)24-19(27)13(2)30-21(29)17-15(22)10-7-11-16(17)23/h4-11,13H,1-3H3,(H,24,27)/t13-/m0/s1. The molecule has 0 aliphatic carbocycles. The molecule has 0 saturated heterocycles. The molecule has 0 radical (unpaired) electrons. The Morgan fingerprint density at radius 3 is 2.23 bits per heavy atom. The van der Waals surface area contributed by atoms with Crippen molar-refractivity contribution in [2.45, 2.75) is 20.0 Å². The number of carbonyl (C=O) groups is 2. The summed E-state index contributed by atoms with van der Waals surface area (Å²) in [4.78, 5) is 37.4. The molecule has 0 bridgehead atoms. The Kier molecular flexibility index (Phi) is 5.81. The van der Waals surface area contributed by atoms with Gasteiger partial charge in [-0.15, -0.1) is 0 Å². The summed E-state index contributed by atoms with van der Waals surface area (Å²) >= 11 is 0. The maximum Gasteiger partial charge on any atom is 0.344 e. The number of ether oxygens (including phenoxy) is 1. The zero-order valence-electron chi connectivity index (χ0n) is 16.5. The quantitative estimate of drug-likeness (QED) is 0.650. The number of hydrogen-bond acceptors (Lipinski definition) is 4. The Bertz CT molecular complexity index is 1150. The molecule has 1 aromatic heterocycles. The van der Waals surface area contributed by atoms with E-state index in [1.807, 2.05) is 0 Å². The lowest BCUT2D eigenvalue weighted by Gasteiger charge is -2.13. The molecule has 7 nitrogen and oxygen atoms in total. The minimum absolute atomic E-state index is 0.00586. The molecule has 3 rings (SSSR count). The highest BCUT2D eigenvalue weighted by Gasteiger charge is 2.26. The van der Waals surface area contributed by atoms with E-state index in [0.717, 1.165) is 18.2 Å². The molecule has 1 N–H and O–H groups in total. The van der Waals surface area contributed by atoms with Crippen LogP contribution in [0.5, 0.6) is 0 Å². The highest BCUT2D eigenvalue weighted by atomic mass is 19.1. The predicted octanol–water partition coefficient (Wildman–Crippen LogP) is 2.95. The van der Waals surface area contributed by atoms with Crippen LogP contribution in [0.2, 0.25) is 0 Å². The normalized spacial score (nSPS) is 11.8. The first kappa shape index (κ1) is 21.0. The van der Waals surface area contributed by atoms with Gasteiger partial charge in [0.1, 0.15) is 22.9 Å². The summed E-state index contributed by atoms with van der Waals surface area (Å²) in [5, 5.41) is 2.44. The molecular formula is C21H19F2N3O4. The molecule has 0 spiro atoms. The van der Waals surface area contributed by atoms with Gasteiger partial charge in [-0.25, -0.2) is 18.3 Å². The molecule has 2 aromatic carbocycles. The first-order chi connectivity index (χ1) is 14.2. The van der Waals surface area contributed by atoms with Gasteiger partial charge in [0.15, 0.2) is 6.10 Å². The van der Waals surface area contributed by atoms with Crippen LogP contribution in [0.15, 0.2) is 53.3 Å². The van der Waals surface area contributed by atoms with E-state index in [2.05, 4.69) is 5.32 Å². The monoisotopic (exact) mass is 415 g/mol. The van der Waals surface area contributed by atoms with Crippen molar-refractivity contribution in [2.75, 3.05) is 5.32 Å². The van der Waals surface area contributed by atoms with Crippen LogP contribution in [0.25, 0.3) is 5.69 Å². The summed E-state index contributed by atoms with van der Waals surface area (Å²) in [7, 11) is 1.66. The highest BCUT2D eigenvalue weighted by Crippen LogP contribution is 2.16. The fourth-order valence-electron chi connectivity index (χ4n) is 2.90. The molecule has 1 atom stereocenters. The van der Waals surface area contributed by atoms with Gasteiger partial charge in [-0.1, -0.05) is 24.3 Å². The van der Waals surface area contributed by atoms with Gasteiger partial charge in [0.05, 0.1) is 11.4 Å². The fourth-order valence-corrected chi connectivity index (χ4v) is 2.90. The fraction of sp³-hybridized carbons (Fsp3) is 0.190. The number of carbonyl (C=O) groups excluding carboxylic acids is 2. The molecule has 0 aliphatic heterocycles. The number of benzene rings is 2. The third kappa shape index (κ3) is 3.86. The zero-order chi connectivity index (χ0) is 22.0. The molecular weight excluding hydrogens is 396 g/mol. The van der Waals surface area contributed by atoms with Crippen LogP contribution in [0, 0.1) is 18.6 Å². The summed E-state index contributed by atoms with van der Waals surface area (Å²) in [6.07, 6.45) is -1.40. The van der Waals surface area contributed by atoms with Crippen molar-refractivity contribution in [3.05, 3.63) is 81.8 Å². The number of nitrogens with one attached hydrogen (secondary N) is 1. The summed E-state index contributed by atoms with van der Waals surface area (Å²) in [5.74, 6) is -4.33. The number of nitrogens with zero attached hydrogens (tertiary/aromatic N) is 2. The molecule has 30 heavy (non-hydrogen) atoms. The summed E-state index contributed by atoms with van der Waals surface area (Å²) < 4.78 is 35.3. The first-order valence-corrected chi connectivity index (χ1v) is 9.02. The Morgan fingerprint density at radius 2 is 1.63 bits per heavy atom. The van der Waals surface area contributed by atoms with E-state index >= 15 is 0 Å². The predicted molar refractivity (Wildman–Crippen MR) is 106 cm³/mol. The molecule has 0 fully saturated rings. The SMILES string of the molecule is Cc1c(NC(=O)[C@H](C)OC(=O)c2c(F)cccc2F)c(=O)n(-c2ccccc2)n1C. The number of para-hydroxylation sites is 1. The lowest BCUT2D eigenvalue weighted by Crippen LogP contribution is -2.32. The summed E-state index contributed by atoms with van der Waals surface area (Å²) in [6, 6.07) is 11.7. The third-order valence-corrected chi connectivity index (χ3v) is 4.62. The topological polar surface area (TPSA) is 82.3 Å². The van der Waals surface area contributed by atoms with Gasteiger partial charge >= 0.3 is 5.97 Å². The molecule has 9 heteroatoms. The van der Waals surface area contributed by atoms with Gasteiger partial charge in [0.25, 0.3) is 11.5 Å². The van der Waals surface area contributed by atoms with Gasteiger partial charge < -0.3 is 10.1 Å². The minimum Gasteiger partial charge on any atom is -0.449 e. The van der Waals surface area contributed by atoms with Crippen molar-refractivity contribution in [2.24, 2.45) is 7.05 Å². The van der Waals surface area contributed by atoms with E-state index in [-0.39, 0.29) is 5.69 Å². The molecule has 1 heterocycles. The average molecular weight is 415 g/mol. The third-order valence-electron chi connectivity index (χ3n) is 4.62. The molecule has 1 amide bonds. The van der Waals surface area contributed by atoms with Gasteiger partial charge in [-0.2, -0.15) is 0 Å². The number of esters is 1. The number of rotatable bonds is 5. The lowest BCUT2D eigenvalue weighted by atomic mass is 10.2. The Hall–Kier alpha value is -3.75. The number of amides is 1. The van der Waals surface area contributed by atoms with Gasteiger partial charge in [0.2, 0.25) is 0 Å². The van der Waals surface area contributed by atoms with Gasteiger partial charge in [-0.05, 0) is 38.1 Å². The molecule has 3 aromatic rings. The highest BCUT2D eigenvalue weighted by molar-refractivity contribution is 5.97. The second kappa shape index (κ2) is 8.32. The van der Waals surface area contributed by atoms with Crippen molar-refractivity contribution in [3.63, 3.8) is 0 Å². The smallest absolute Gasteiger partial charge is 0.344 e. The van der Waals surface area contributed by atoms with Crippen molar-refractivity contribution < 1.29 is 23.1 Å². The zero-order valence-corrected chi connectivity index (χ0v) is 16.5. The Labute approximate surface area is 170 Å². The second-order valence-corrected chi connectivity index (χ2v) is 6.57. The lowest BCUT2D eigenvalue weighted by molar-refractivity contribution is -0.123. The van der Waals surface area contributed by atoms with Gasteiger partial charge in [-0.3, -0.25) is 14.3 Å². The molecule has 0 unspecified atom stereocenters. The van der Waals surface area contributed by atoms with Crippen molar-refractivity contribution in [1.82, 2.24) is 9.36 Å². The van der Waals surface area contributed by atoms with Crippen LogP contribution in [-0.4, -0.2) is 27.3 Å². The van der Waals surface area contributed by atoms with E-state index in [1.54, 1.807) is 49.0 Å². The maximum absolute atomic E-state index is 13.7. The van der Waals surface area contributed by atoms with Crippen LogP contribution < -0.4 is 10.9 Å². The molecule has 0 saturated carbocycles. The maximum atomic E-state index is 13.7. The first-order valence-electron chi connectivity index (χ1n) is 9.02. The molecule has 156 valence electrons.